The van der Waals surface area contributed by atoms with Crippen LogP contribution in [0.4, 0.5) is 0 Å². The fourth-order valence-electron chi connectivity index (χ4n) is 4.20. The van der Waals surface area contributed by atoms with Crippen LogP contribution in [-0.4, -0.2) is 41.2 Å². The molecule has 128 valence electrons. The number of carbonyl (C=O) groups excluding carboxylic acids is 1. The number of ether oxygens (including phenoxy) is 1. The van der Waals surface area contributed by atoms with E-state index in [1.807, 2.05) is 27.3 Å². The Balaban J connectivity index is 0.000000160. The highest BCUT2D eigenvalue weighted by atomic mass is 28.4. The maximum absolute atomic E-state index is 11.2. The number of hydrogen-bond acceptors (Lipinski definition) is 5. The first-order chi connectivity index (χ1) is 10.5. The van der Waals surface area contributed by atoms with Gasteiger partial charge >= 0.3 is 14.8 Å². The lowest BCUT2D eigenvalue weighted by molar-refractivity contribution is -0.142. The summed E-state index contributed by atoms with van der Waals surface area (Å²) in [6.45, 7) is 10.5. The standard InChI is InChI=1S/C9H12O2.C7H18O3Si/c10-9-8-6-2-1-5(3-6)7(8)4-11-9;1-5-8-11(4,9-6-2)10-7-3/h5-8H,1-4H2;5-7H2,1-4H3. The molecule has 6 heteroatoms. The third-order valence-electron chi connectivity index (χ3n) is 5.00. The maximum atomic E-state index is 11.2. The Kier molecular flexibility index (Phi) is 6.43. The van der Waals surface area contributed by atoms with Crippen LogP contribution in [0.5, 0.6) is 0 Å². The topological polar surface area (TPSA) is 54.0 Å². The van der Waals surface area contributed by atoms with Crippen LogP contribution in [0.1, 0.15) is 40.0 Å². The van der Waals surface area contributed by atoms with E-state index in [1.54, 1.807) is 0 Å². The van der Waals surface area contributed by atoms with Gasteiger partial charge in [0.1, 0.15) is 0 Å². The third-order valence-corrected chi connectivity index (χ3v) is 7.44. The van der Waals surface area contributed by atoms with Crippen LogP contribution in [0.3, 0.4) is 0 Å². The number of hydrogen-bond donors (Lipinski definition) is 0. The molecule has 1 aliphatic heterocycles. The Morgan fingerprint density at radius 2 is 1.59 bits per heavy atom. The van der Waals surface area contributed by atoms with E-state index in [0.717, 1.165) is 12.5 Å². The van der Waals surface area contributed by atoms with E-state index in [1.165, 1.54) is 19.3 Å². The third kappa shape index (κ3) is 3.90. The van der Waals surface area contributed by atoms with Gasteiger partial charge in [-0.1, -0.05) is 0 Å². The summed E-state index contributed by atoms with van der Waals surface area (Å²) in [6.07, 6.45) is 3.94. The summed E-state index contributed by atoms with van der Waals surface area (Å²) in [4.78, 5) is 11.2. The second kappa shape index (κ2) is 7.90. The summed E-state index contributed by atoms with van der Waals surface area (Å²) in [6, 6.07) is 0. The molecule has 0 N–H and O–H groups in total. The molecule has 3 aliphatic rings. The van der Waals surface area contributed by atoms with Crippen LogP contribution >= 0.6 is 0 Å². The number of carbonyl (C=O) groups is 1. The van der Waals surface area contributed by atoms with Gasteiger partial charge in [-0.05, 0) is 51.9 Å². The molecule has 2 bridgehead atoms. The molecule has 22 heavy (non-hydrogen) atoms. The first kappa shape index (κ1) is 17.9. The van der Waals surface area contributed by atoms with Crippen molar-refractivity contribution in [1.29, 1.82) is 0 Å². The summed E-state index contributed by atoms with van der Waals surface area (Å²) in [7, 11) is -2.25. The Morgan fingerprint density at radius 3 is 2.09 bits per heavy atom. The molecule has 0 amide bonds. The first-order valence-electron chi connectivity index (χ1n) is 8.63. The van der Waals surface area contributed by atoms with Crippen molar-refractivity contribution in [3.8, 4) is 0 Å². The van der Waals surface area contributed by atoms with Gasteiger partial charge in [-0.3, -0.25) is 4.79 Å². The van der Waals surface area contributed by atoms with E-state index in [2.05, 4.69) is 0 Å². The largest absolute Gasteiger partial charge is 0.497 e. The van der Waals surface area contributed by atoms with Crippen LogP contribution in [0, 0.1) is 23.7 Å². The van der Waals surface area contributed by atoms with E-state index in [0.29, 0.717) is 37.6 Å². The normalized spacial score (nSPS) is 32.5. The zero-order valence-electron chi connectivity index (χ0n) is 14.3. The number of rotatable bonds is 6. The highest BCUT2D eigenvalue weighted by Gasteiger charge is 2.54. The summed E-state index contributed by atoms with van der Waals surface area (Å²) in [5.41, 5.74) is 0. The number of fused-ring (bicyclic) bond motifs is 5. The minimum atomic E-state index is -2.25. The van der Waals surface area contributed by atoms with E-state index in [9.17, 15) is 4.79 Å². The lowest BCUT2D eigenvalue weighted by Crippen LogP contribution is -2.42. The quantitative estimate of drug-likeness (QED) is 0.554. The van der Waals surface area contributed by atoms with E-state index in [4.69, 9.17) is 18.0 Å². The highest BCUT2D eigenvalue weighted by molar-refractivity contribution is 6.59. The lowest BCUT2D eigenvalue weighted by Gasteiger charge is -2.23. The summed E-state index contributed by atoms with van der Waals surface area (Å²) in [5.74, 6) is 2.55. The van der Waals surface area contributed by atoms with E-state index >= 15 is 0 Å². The van der Waals surface area contributed by atoms with Crippen LogP contribution in [0.25, 0.3) is 0 Å². The Morgan fingerprint density at radius 1 is 1.05 bits per heavy atom. The molecule has 0 aromatic carbocycles. The molecule has 2 aliphatic carbocycles. The molecule has 0 aromatic heterocycles. The first-order valence-corrected chi connectivity index (χ1v) is 10.9. The summed E-state index contributed by atoms with van der Waals surface area (Å²) < 4.78 is 21.3. The molecule has 1 saturated heterocycles. The molecular formula is C16H30O5Si. The van der Waals surface area contributed by atoms with Gasteiger partial charge < -0.3 is 18.0 Å². The molecule has 0 aromatic rings. The van der Waals surface area contributed by atoms with Gasteiger partial charge in [0.2, 0.25) is 0 Å². The molecule has 4 unspecified atom stereocenters. The lowest BCUT2D eigenvalue weighted by atomic mass is 9.81. The Bertz CT molecular complexity index is 359. The minimum absolute atomic E-state index is 0.0993. The van der Waals surface area contributed by atoms with Crippen LogP contribution < -0.4 is 0 Å². The average Bonchev–Trinajstić information content (AvgIpc) is 3.14. The minimum Gasteiger partial charge on any atom is -0.465 e. The second-order valence-electron chi connectivity index (χ2n) is 6.31. The SMILES string of the molecule is CCO[Si](C)(OCC)OCC.O=C1OCC2C3CCC(C3)C12. The van der Waals surface area contributed by atoms with Gasteiger partial charge in [-0.25, -0.2) is 0 Å². The number of esters is 1. The average molecular weight is 330 g/mol. The molecule has 4 atom stereocenters. The Hall–Kier alpha value is -0.433. The van der Waals surface area contributed by atoms with E-state index in [-0.39, 0.29) is 5.97 Å². The van der Waals surface area contributed by atoms with Gasteiger partial charge in [0, 0.05) is 32.3 Å². The van der Waals surface area contributed by atoms with Gasteiger partial charge in [0.05, 0.1) is 12.5 Å². The van der Waals surface area contributed by atoms with Gasteiger partial charge in [0.15, 0.2) is 0 Å². The van der Waals surface area contributed by atoms with Crippen molar-refractivity contribution in [2.75, 3.05) is 26.4 Å². The van der Waals surface area contributed by atoms with Gasteiger partial charge in [-0.2, -0.15) is 0 Å². The molecule has 2 saturated carbocycles. The highest BCUT2D eigenvalue weighted by Crippen LogP contribution is 2.54. The smallest absolute Gasteiger partial charge is 0.465 e. The van der Waals surface area contributed by atoms with Crippen molar-refractivity contribution in [1.82, 2.24) is 0 Å². The van der Waals surface area contributed by atoms with Crippen molar-refractivity contribution in [2.45, 2.75) is 46.6 Å². The monoisotopic (exact) mass is 330 g/mol. The molecule has 0 spiro atoms. The van der Waals surface area contributed by atoms with Crippen molar-refractivity contribution < 1.29 is 22.8 Å². The zero-order chi connectivity index (χ0) is 16.2. The summed E-state index contributed by atoms with van der Waals surface area (Å²) in [5, 5.41) is 0. The van der Waals surface area contributed by atoms with Crippen molar-refractivity contribution in [2.24, 2.45) is 23.7 Å². The Labute approximate surface area is 135 Å². The van der Waals surface area contributed by atoms with Crippen LogP contribution in [0.2, 0.25) is 6.55 Å². The predicted molar refractivity (Wildman–Crippen MR) is 85.3 cm³/mol. The van der Waals surface area contributed by atoms with Gasteiger partial charge in [-0.15, -0.1) is 0 Å². The summed E-state index contributed by atoms with van der Waals surface area (Å²) >= 11 is 0. The zero-order valence-corrected chi connectivity index (χ0v) is 15.3. The van der Waals surface area contributed by atoms with Crippen molar-refractivity contribution in [3.05, 3.63) is 0 Å². The molecule has 1 heterocycles. The van der Waals surface area contributed by atoms with Crippen molar-refractivity contribution in [3.63, 3.8) is 0 Å². The van der Waals surface area contributed by atoms with Crippen LogP contribution in [0.15, 0.2) is 0 Å². The predicted octanol–water partition coefficient (Wildman–Crippen LogP) is 2.87. The molecule has 5 nitrogen and oxygen atoms in total. The van der Waals surface area contributed by atoms with Gasteiger partial charge in [0.25, 0.3) is 0 Å². The maximum Gasteiger partial charge on any atom is 0.497 e. The molecule has 0 radical (unpaired) electrons. The molecule has 3 fully saturated rings. The van der Waals surface area contributed by atoms with Crippen molar-refractivity contribution >= 4 is 14.8 Å². The van der Waals surface area contributed by atoms with Crippen LogP contribution in [-0.2, 0) is 22.8 Å². The second-order valence-corrected chi connectivity index (χ2v) is 8.91. The molecular weight excluding hydrogens is 300 g/mol. The number of cyclic esters (lactones) is 1. The fourth-order valence-corrected chi connectivity index (χ4v) is 6.03. The molecule has 3 rings (SSSR count). The van der Waals surface area contributed by atoms with E-state index < -0.39 is 8.80 Å². The fraction of sp³-hybridized carbons (Fsp3) is 0.938.